The molecule has 0 aromatic heterocycles. The summed E-state index contributed by atoms with van der Waals surface area (Å²) in [5.74, 6) is 0. The normalized spacial score (nSPS) is 13.7. The Kier molecular flexibility index (Phi) is 3.91. The summed E-state index contributed by atoms with van der Waals surface area (Å²) < 4.78 is 0. The fraction of sp³-hybridized carbons (Fsp3) is 0.0968. The van der Waals surface area contributed by atoms with Gasteiger partial charge in [0.2, 0.25) is 0 Å². The van der Waals surface area contributed by atoms with Gasteiger partial charge in [0.05, 0.1) is 0 Å². The van der Waals surface area contributed by atoms with E-state index in [9.17, 15) is 0 Å². The van der Waals surface area contributed by atoms with Crippen molar-refractivity contribution >= 4 is 10.8 Å². The minimum absolute atomic E-state index is 0.0326. The predicted octanol–water partition coefficient (Wildman–Crippen LogP) is 8.48. The zero-order chi connectivity index (χ0) is 21.0. The van der Waals surface area contributed by atoms with Gasteiger partial charge in [0.25, 0.3) is 0 Å². The third kappa shape index (κ3) is 2.75. The number of hydrogen-bond donors (Lipinski definition) is 0. The SMILES string of the molecule is CC1(C)c2ccccc2-c2ccc(-c3ccc(-c4cccc5ccccc45)cc3)cc21. The van der Waals surface area contributed by atoms with Crippen molar-refractivity contribution in [2.24, 2.45) is 0 Å². The molecular formula is C31H24. The highest BCUT2D eigenvalue weighted by atomic mass is 14.4. The Bertz CT molecular complexity index is 1430. The quantitative estimate of drug-likeness (QED) is 0.281. The van der Waals surface area contributed by atoms with Crippen LogP contribution in [-0.2, 0) is 5.41 Å². The largest absolute Gasteiger partial charge is 0.0619 e. The Morgan fingerprint density at radius 1 is 0.452 bits per heavy atom. The van der Waals surface area contributed by atoms with Gasteiger partial charge in [-0.2, -0.15) is 0 Å². The second-order valence-corrected chi connectivity index (χ2v) is 9.04. The molecule has 0 nitrogen and oxygen atoms in total. The molecule has 0 aliphatic heterocycles. The average molecular weight is 397 g/mol. The average Bonchev–Trinajstić information content (AvgIpc) is 3.06. The van der Waals surface area contributed by atoms with Crippen LogP contribution in [0, 0.1) is 0 Å². The number of rotatable bonds is 2. The molecule has 0 heteroatoms. The second kappa shape index (κ2) is 6.68. The van der Waals surface area contributed by atoms with Gasteiger partial charge in [-0.25, -0.2) is 0 Å². The van der Waals surface area contributed by atoms with Crippen LogP contribution in [0.3, 0.4) is 0 Å². The van der Waals surface area contributed by atoms with Crippen molar-refractivity contribution in [3.63, 3.8) is 0 Å². The van der Waals surface area contributed by atoms with Crippen LogP contribution >= 0.6 is 0 Å². The Hall–Kier alpha value is -3.64. The number of benzene rings is 5. The molecule has 0 bridgehead atoms. The first kappa shape index (κ1) is 18.2. The van der Waals surface area contributed by atoms with Gasteiger partial charge in [0.15, 0.2) is 0 Å². The first-order valence-electron chi connectivity index (χ1n) is 11.0. The summed E-state index contributed by atoms with van der Waals surface area (Å²) >= 11 is 0. The third-order valence-electron chi connectivity index (χ3n) is 6.90. The van der Waals surface area contributed by atoms with Crippen LogP contribution in [0.5, 0.6) is 0 Å². The van der Waals surface area contributed by atoms with Gasteiger partial charge in [-0.1, -0.05) is 117 Å². The zero-order valence-electron chi connectivity index (χ0n) is 17.9. The third-order valence-corrected chi connectivity index (χ3v) is 6.90. The topological polar surface area (TPSA) is 0 Å². The molecule has 0 unspecified atom stereocenters. The van der Waals surface area contributed by atoms with E-state index in [1.165, 1.54) is 55.3 Å². The molecule has 0 atom stereocenters. The molecule has 5 aromatic rings. The highest BCUT2D eigenvalue weighted by Crippen LogP contribution is 2.49. The first-order chi connectivity index (χ1) is 15.1. The van der Waals surface area contributed by atoms with Gasteiger partial charge < -0.3 is 0 Å². The molecule has 0 fully saturated rings. The molecule has 0 spiro atoms. The second-order valence-electron chi connectivity index (χ2n) is 9.04. The van der Waals surface area contributed by atoms with Crippen molar-refractivity contribution in [1.29, 1.82) is 0 Å². The summed E-state index contributed by atoms with van der Waals surface area (Å²) in [7, 11) is 0. The van der Waals surface area contributed by atoms with Gasteiger partial charge in [-0.15, -0.1) is 0 Å². The lowest BCUT2D eigenvalue weighted by molar-refractivity contribution is 0.660. The molecule has 148 valence electrons. The van der Waals surface area contributed by atoms with Crippen LogP contribution in [-0.4, -0.2) is 0 Å². The highest BCUT2D eigenvalue weighted by Gasteiger charge is 2.35. The van der Waals surface area contributed by atoms with E-state index >= 15 is 0 Å². The monoisotopic (exact) mass is 396 g/mol. The van der Waals surface area contributed by atoms with Crippen LogP contribution < -0.4 is 0 Å². The molecule has 0 N–H and O–H groups in total. The lowest BCUT2D eigenvalue weighted by atomic mass is 9.81. The summed E-state index contributed by atoms with van der Waals surface area (Å²) in [4.78, 5) is 0. The Morgan fingerprint density at radius 2 is 1.06 bits per heavy atom. The predicted molar refractivity (Wildman–Crippen MR) is 132 cm³/mol. The summed E-state index contributed by atoms with van der Waals surface area (Å²) in [6, 6.07) is 39.9. The molecule has 0 saturated carbocycles. The fourth-order valence-corrected chi connectivity index (χ4v) is 5.20. The van der Waals surface area contributed by atoms with Crippen molar-refractivity contribution in [3.8, 4) is 33.4 Å². The van der Waals surface area contributed by atoms with E-state index in [0.717, 1.165) is 0 Å². The van der Waals surface area contributed by atoms with Crippen LogP contribution in [0.15, 0.2) is 109 Å². The molecule has 0 heterocycles. The van der Waals surface area contributed by atoms with E-state index in [1.807, 2.05) is 0 Å². The minimum atomic E-state index is 0.0326. The smallest absolute Gasteiger partial charge is 0.0159 e. The van der Waals surface area contributed by atoms with Crippen molar-refractivity contribution in [2.45, 2.75) is 19.3 Å². The van der Waals surface area contributed by atoms with E-state index in [-0.39, 0.29) is 5.41 Å². The maximum atomic E-state index is 2.39. The molecule has 6 rings (SSSR count). The lowest BCUT2D eigenvalue weighted by Gasteiger charge is -2.22. The van der Waals surface area contributed by atoms with Crippen molar-refractivity contribution in [1.82, 2.24) is 0 Å². The minimum Gasteiger partial charge on any atom is -0.0619 e. The van der Waals surface area contributed by atoms with Crippen LogP contribution in [0.4, 0.5) is 0 Å². The lowest BCUT2D eigenvalue weighted by Crippen LogP contribution is -2.14. The maximum absolute atomic E-state index is 2.39. The maximum Gasteiger partial charge on any atom is 0.0159 e. The number of hydrogen-bond acceptors (Lipinski definition) is 0. The van der Waals surface area contributed by atoms with Crippen LogP contribution in [0.2, 0.25) is 0 Å². The summed E-state index contributed by atoms with van der Waals surface area (Å²) in [5.41, 5.74) is 10.7. The summed E-state index contributed by atoms with van der Waals surface area (Å²) in [5, 5.41) is 2.58. The van der Waals surface area contributed by atoms with Gasteiger partial charge in [-0.3, -0.25) is 0 Å². The van der Waals surface area contributed by atoms with Crippen LogP contribution in [0.1, 0.15) is 25.0 Å². The molecular weight excluding hydrogens is 372 g/mol. The Labute approximate surface area is 183 Å². The molecule has 0 radical (unpaired) electrons. The van der Waals surface area contributed by atoms with E-state index in [2.05, 4.69) is 123 Å². The van der Waals surface area contributed by atoms with Gasteiger partial charge in [0, 0.05) is 5.41 Å². The standard InChI is InChI=1S/C31H24/c1-31(2)29-13-6-5-11-27(29)28-19-18-24(20-30(28)31)21-14-16-23(17-15-21)26-12-7-9-22-8-3-4-10-25(22)26/h3-20H,1-2H3. The van der Waals surface area contributed by atoms with E-state index < -0.39 is 0 Å². The van der Waals surface area contributed by atoms with E-state index in [4.69, 9.17) is 0 Å². The molecule has 0 saturated heterocycles. The Morgan fingerprint density at radius 3 is 1.94 bits per heavy atom. The number of fused-ring (bicyclic) bond motifs is 4. The van der Waals surface area contributed by atoms with Crippen LogP contribution in [0.25, 0.3) is 44.2 Å². The highest BCUT2D eigenvalue weighted by molar-refractivity contribution is 5.97. The molecule has 1 aliphatic rings. The molecule has 1 aliphatic carbocycles. The van der Waals surface area contributed by atoms with Gasteiger partial charge in [-0.05, 0) is 61.3 Å². The van der Waals surface area contributed by atoms with Gasteiger partial charge >= 0.3 is 0 Å². The molecule has 5 aromatic carbocycles. The first-order valence-corrected chi connectivity index (χ1v) is 11.0. The van der Waals surface area contributed by atoms with Gasteiger partial charge in [0.1, 0.15) is 0 Å². The summed E-state index contributed by atoms with van der Waals surface area (Å²) in [6.07, 6.45) is 0. The summed E-state index contributed by atoms with van der Waals surface area (Å²) in [6.45, 7) is 4.68. The Balaban J connectivity index is 1.41. The zero-order valence-corrected chi connectivity index (χ0v) is 17.9. The van der Waals surface area contributed by atoms with E-state index in [0.29, 0.717) is 0 Å². The van der Waals surface area contributed by atoms with Crippen molar-refractivity contribution in [2.75, 3.05) is 0 Å². The van der Waals surface area contributed by atoms with E-state index in [1.54, 1.807) is 0 Å². The molecule has 0 amide bonds. The van der Waals surface area contributed by atoms with Crippen molar-refractivity contribution in [3.05, 3.63) is 120 Å². The molecule has 31 heavy (non-hydrogen) atoms. The van der Waals surface area contributed by atoms with Crippen molar-refractivity contribution < 1.29 is 0 Å². The fourth-order valence-electron chi connectivity index (χ4n) is 5.20.